The number of halogens is 1. The van der Waals surface area contributed by atoms with E-state index in [1.54, 1.807) is 22.8 Å². The Morgan fingerprint density at radius 2 is 2.08 bits per heavy atom. The summed E-state index contributed by atoms with van der Waals surface area (Å²) in [6, 6.07) is 6.71. The predicted molar refractivity (Wildman–Crippen MR) is 104 cm³/mol. The molecule has 1 N–H and O–H groups in total. The molecule has 2 heterocycles. The highest BCUT2D eigenvalue weighted by molar-refractivity contribution is 7.80. The Labute approximate surface area is 156 Å². The number of thiophene rings is 1. The molecule has 0 bridgehead atoms. The summed E-state index contributed by atoms with van der Waals surface area (Å²) in [5.41, 5.74) is 1.04. The molecule has 24 heavy (non-hydrogen) atoms. The van der Waals surface area contributed by atoms with E-state index in [-0.39, 0.29) is 5.78 Å². The maximum atomic E-state index is 12.9. The van der Waals surface area contributed by atoms with Crippen molar-refractivity contribution in [1.29, 1.82) is 0 Å². The molecule has 1 atom stereocenters. The normalized spacial score (nSPS) is 11.6. The smallest absolute Gasteiger partial charge is 0.271 e. The molecule has 0 aliphatic carbocycles. The van der Waals surface area contributed by atoms with E-state index in [0.717, 1.165) is 5.69 Å². The summed E-state index contributed by atoms with van der Waals surface area (Å²) in [6.45, 7) is 4.17. The number of anilines is 1. The van der Waals surface area contributed by atoms with E-state index in [2.05, 4.69) is 11.9 Å². The molecule has 0 aliphatic rings. The van der Waals surface area contributed by atoms with E-state index in [4.69, 9.17) is 23.8 Å². The minimum absolute atomic E-state index is 0.0870. The van der Waals surface area contributed by atoms with Crippen molar-refractivity contribution in [1.82, 2.24) is 5.32 Å². The van der Waals surface area contributed by atoms with Crippen molar-refractivity contribution >= 4 is 51.6 Å². The number of pyridine rings is 1. The first kappa shape index (κ1) is 18.6. The molecule has 0 fully saturated rings. The number of nitrogens with one attached hydrogen (secondary N) is 1. The lowest BCUT2D eigenvalue weighted by Crippen LogP contribution is -2.51. The van der Waals surface area contributed by atoms with E-state index in [1.807, 2.05) is 43.5 Å². The van der Waals surface area contributed by atoms with Crippen LogP contribution < -0.4 is 14.8 Å². The number of Topliss-reactive ketones (excluding diaryl/α,β-unsaturated/α-hetero) is 1. The lowest BCUT2D eigenvalue weighted by Gasteiger charge is -2.15. The highest BCUT2D eigenvalue weighted by atomic mass is 35.5. The Hall–Kier alpha value is -1.76. The summed E-state index contributed by atoms with van der Waals surface area (Å²) in [5, 5.41) is 3.06. The third-order valence-electron chi connectivity index (χ3n) is 3.38. The zero-order chi connectivity index (χ0) is 17.7. The van der Waals surface area contributed by atoms with Gasteiger partial charge in [-0.15, -0.1) is 17.9 Å². The van der Waals surface area contributed by atoms with Crippen LogP contribution in [-0.2, 0) is 0 Å². The zero-order valence-corrected chi connectivity index (χ0v) is 15.9. The van der Waals surface area contributed by atoms with E-state index in [0.29, 0.717) is 20.7 Å². The molecule has 0 aromatic carbocycles. The number of hydrogen-bond acceptors (Lipinski definition) is 4. The number of rotatable bonds is 7. The van der Waals surface area contributed by atoms with E-state index < -0.39 is 6.04 Å². The fraction of sp³-hybridized carbons (Fsp3) is 0.235. The van der Waals surface area contributed by atoms with Crippen LogP contribution in [0.5, 0.6) is 0 Å². The number of thiocarbonyl (C=S) groups is 1. The third-order valence-corrected chi connectivity index (χ3v) is 5.00. The summed E-state index contributed by atoms with van der Waals surface area (Å²) in [7, 11) is 3.93. The molecule has 0 aliphatic heterocycles. The van der Waals surface area contributed by atoms with Gasteiger partial charge in [0.05, 0.1) is 9.21 Å². The second-order valence-electron chi connectivity index (χ2n) is 5.30. The Balaban J connectivity index is 2.36. The maximum Gasteiger partial charge on any atom is 0.271 e. The van der Waals surface area contributed by atoms with E-state index in [9.17, 15) is 4.79 Å². The van der Waals surface area contributed by atoms with Gasteiger partial charge in [0.15, 0.2) is 17.4 Å². The van der Waals surface area contributed by atoms with Crippen LogP contribution in [0.1, 0.15) is 15.7 Å². The molecule has 2 aromatic heterocycles. The van der Waals surface area contributed by atoms with Gasteiger partial charge in [0.1, 0.15) is 0 Å². The number of aromatic nitrogens is 1. The third kappa shape index (κ3) is 4.41. The summed E-state index contributed by atoms with van der Waals surface area (Å²) in [5.74, 6) is -0.0870. The van der Waals surface area contributed by atoms with E-state index in [1.165, 1.54) is 11.3 Å². The molecular formula is C17H19ClN3OS2+. The molecule has 0 amide bonds. The average molecular weight is 381 g/mol. The van der Waals surface area contributed by atoms with Gasteiger partial charge in [-0.1, -0.05) is 29.9 Å². The van der Waals surface area contributed by atoms with Gasteiger partial charge >= 0.3 is 0 Å². The molecule has 0 unspecified atom stereocenters. The van der Waals surface area contributed by atoms with Crippen molar-refractivity contribution in [3.63, 3.8) is 0 Å². The SMILES string of the molecule is C=CCNC(=S)[C@@H](C(=O)c1ccc(Cl)s1)[n+]1ccc(N(C)C)cc1. The minimum atomic E-state index is -0.620. The van der Waals surface area contributed by atoms with Crippen LogP contribution in [0.3, 0.4) is 0 Å². The summed E-state index contributed by atoms with van der Waals surface area (Å²) in [4.78, 5) is 16.0. The zero-order valence-electron chi connectivity index (χ0n) is 13.5. The van der Waals surface area contributed by atoms with Gasteiger partial charge < -0.3 is 10.2 Å². The fourth-order valence-corrected chi connectivity index (χ4v) is 3.46. The largest absolute Gasteiger partial charge is 0.377 e. The molecule has 0 spiro atoms. The van der Waals surface area contributed by atoms with Crippen molar-refractivity contribution in [2.24, 2.45) is 0 Å². The number of carbonyl (C=O) groups is 1. The average Bonchev–Trinajstić information content (AvgIpc) is 3.00. The second-order valence-corrected chi connectivity index (χ2v) is 7.46. The topological polar surface area (TPSA) is 36.2 Å². The van der Waals surface area contributed by atoms with Crippen molar-refractivity contribution in [3.05, 3.63) is 58.5 Å². The molecule has 0 saturated carbocycles. The summed E-state index contributed by atoms with van der Waals surface area (Å²) in [6.07, 6.45) is 5.42. The molecule has 0 saturated heterocycles. The Morgan fingerprint density at radius 1 is 1.42 bits per heavy atom. The molecular weight excluding hydrogens is 362 g/mol. The van der Waals surface area contributed by atoms with Gasteiger partial charge in [0, 0.05) is 38.5 Å². The van der Waals surface area contributed by atoms with Gasteiger partial charge in [-0.2, -0.15) is 4.57 Å². The monoisotopic (exact) mass is 380 g/mol. The van der Waals surface area contributed by atoms with Crippen LogP contribution in [0.2, 0.25) is 4.34 Å². The highest BCUT2D eigenvalue weighted by Gasteiger charge is 2.33. The molecule has 126 valence electrons. The maximum absolute atomic E-state index is 12.9. The van der Waals surface area contributed by atoms with Gasteiger partial charge in [-0.3, -0.25) is 4.79 Å². The summed E-state index contributed by atoms with van der Waals surface area (Å²) >= 11 is 12.7. The first-order chi connectivity index (χ1) is 11.4. The number of carbonyl (C=O) groups excluding carboxylic acids is 1. The Bertz CT molecular complexity index is 741. The van der Waals surface area contributed by atoms with Gasteiger partial charge in [0.25, 0.3) is 6.04 Å². The molecule has 4 nitrogen and oxygen atoms in total. The number of hydrogen-bond donors (Lipinski definition) is 1. The standard InChI is InChI=1S/C17H18ClN3OS2/c1-4-9-19-17(23)15(16(22)13-5-6-14(18)24-13)21-10-7-12(8-11-21)20(2)3/h4-8,10-11,15H,1,9H2,2-3H3/p+1/t15-/m1/s1. The molecule has 2 aromatic rings. The minimum Gasteiger partial charge on any atom is -0.377 e. The van der Waals surface area contributed by atoms with Crippen LogP contribution >= 0.6 is 35.2 Å². The van der Waals surface area contributed by atoms with E-state index >= 15 is 0 Å². The van der Waals surface area contributed by atoms with Gasteiger partial charge in [-0.25, -0.2) is 0 Å². The quantitative estimate of drug-likeness (QED) is 0.346. The summed E-state index contributed by atoms with van der Waals surface area (Å²) < 4.78 is 2.39. The molecule has 7 heteroatoms. The number of nitrogens with zero attached hydrogens (tertiary/aromatic N) is 2. The lowest BCUT2D eigenvalue weighted by atomic mass is 10.1. The van der Waals surface area contributed by atoms with Crippen molar-refractivity contribution in [2.45, 2.75) is 6.04 Å². The van der Waals surface area contributed by atoms with Crippen molar-refractivity contribution in [2.75, 3.05) is 25.5 Å². The number of ketones is 1. The fourth-order valence-electron chi connectivity index (χ4n) is 2.14. The van der Waals surface area contributed by atoms with Crippen molar-refractivity contribution in [3.8, 4) is 0 Å². The first-order valence-electron chi connectivity index (χ1n) is 7.30. The highest BCUT2D eigenvalue weighted by Crippen LogP contribution is 2.24. The van der Waals surface area contributed by atoms with Crippen LogP contribution in [0.25, 0.3) is 0 Å². The molecule has 2 rings (SSSR count). The van der Waals surface area contributed by atoms with Crippen molar-refractivity contribution < 1.29 is 9.36 Å². The lowest BCUT2D eigenvalue weighted by molar-refractivity contribution is -0.692. The van der Waals surface area contributed by atoms with Crippen LogP contribution in [0, 0.1) is 0 Å². The second kappa shape index (κ2) is 8.37. The van der Waals surface area contributed by atoms with Gasteiger partial charge in [0.2, 0.25) is 5.78 Å². The van der Waals surface area contributed by atoms with Crippen LogP contribution in [0.4, 0.5) is 5.69 Å². The Kier molecular flexibility index (Phi) is 6.48. The van der Waals surface area contributed by atoms with Crippen LogP contribution in [-0.4, -0.2) is 31.4 Å². The predicted octanol–water partition coefficient (Wildman–Crippen LogP) is 3.28. The first-order valence-corrected chi connectivity index (χ1v) is 8.90. The van der Waals surface area contributed by atoms with Gasteiger partial charge in [-0.05, 0) is 12.1 Å². The molecule has 0 radical (unpaired) electrons. The van der Waals surface area contributed by atoms with Crippen LogP contribution in [0.15, 0.2) is 49.3 Å². The Morgan fingerprint density at radius 3 is 2.58 bits per heavy atom.